The second-order valence-corrected chi connectivity index (χ2v) is 3.88. The van der Waals surface area contributed by atoms with E-state index < -0.39 is 0 Å². The lowest BCUT2D eigenvalue weighted by molar-refractivity contribution is 0.612. The highest BCUT2D eigenvalue weighted by Crippen LogP contribution is 2.08. The molecule has 94 valence electrons. The summed E-state index contributed by atoms with van der Waals surface area (Å²) < 4.78 is 13.4. The van der Waals surface area contributed by atoms with Crippen LogP contribution in [0.2, 0.25) is 0 Å². The van der Waals surface area contributed by atoms with E-state index in [0.29, 0.717) is 23.6 Å². The average Bonchev–Trinajstić information content (AvgIpc) is 2.37. The van der Waals surface area contributed by atoms with E-state index in [1.54, 1.807) is 18.2 Å². The van der Waals surface area contributed by atoms with E-state index in [2.05, 4.69) is 15.3 Å². The molecule has 5 heteroatoms. The minimum absolute atomic E-state index is 0.210. The van der Waals surface area contributed by atoms with Crippen molar-refractivity contribution in [3.63, 3.8) is 0 Å². The quantitative estimate of drug-likeness (QED) is 0.869. The fourth-order valence-electron chi connectivity index (χ4n) is 1.59. The van der Waals surface area contributed by atoms with Gasteiger partial charge in [-0.15, -0.1) is 0 Å². The molecule has 1 aromatic carbocycles. The van der Waals surface area contributed by atoms with Crippen molar-refractivity contribution in [3.8, 4) is 0 Å². The normalized spacial score (nSPS) is 10.3. The third-order valence-electron chi connectivity index (χ3n) is 2.56. The van der Waals surface area contributed by atoms with Gasteiger partial charge in [0.05, 0.1) is 0 Å². The Labute approximate surface area is 104 Å². The molecule has 0 bridgehead atoms. The molecule has 0 unspecified atom stereocenters. The number of nitrogens with one attached hydrogen (secondary N) is 2. The van der Waals surface area contributed by atoms with Crippen LogP contribution in [0.25, 0.3) is 0 Å². The minimum Gasteiger partial charge on any atom is -0.352 e. The van der Waals surface area contributed by atoms with E-state index in [0.717, 1.165) is 0 Å². The average molecular weight is 247 g/mol. The van der Waals surface area contributed by atoms with Gasteiger partial charge in [0.25, 0.3) is 5.56 Å². The molecule has 0 spiro atoms. The van der Waals surface area contributed by atoms with E-state index in [-0.39, 0.29) is 17.9 Å². The molecule has 0 fully saturated rings. The first-order chi connectivity index (χ1) is 8.69. The Bertz CT molecular complexity index is 595. The molecule has 1 aromatic heterocycles. The highest BCUT2D eigenvalue weighted by atomic mass is 19.1. The molecular formula is C13H14FN3O. The molecule has 2 N–H and O–H groups in total. The van der Waals surface area contributed by atoms with Crippen molar-refractivity contribution in [2.45, 2.75) is 19.9 Å². The molecule has 0 aliphatic carbocycles. The smallest absolute Gasteiger partial charge is 0.252 e. The van der Waals surface area contributed by atoms with Crippen molar-refractivity contribution in [1.82, 2.24) is 9.97 Å². The zero-order valence-corrected chi connectivity index (χ0v) is 10.0. The van der Waals surface area contributed by atoms with Crippen LogP contribution in [0.5, 0.6) is 0 Å². The first kappa shape index (κ1) is 12.3. The largest absolute Gasteiger partial charge is 0.352 e. The molecule has 4 nitrogen and oxygen atoms in total. The first-order valence-electron chi connectivity index (χ1n) is 5.76. The van der Waals surface area contributed by atoms with E-state index in [9.17, 15) is 9.18 Å². The molecule has 1 heterocycles. The fourth-order valence-corrected chi connectivity index (χ4v) is 1.59. The third kappa shape index (κ3) is 2.94. The molecule has 18 heavy (non-hydrogen) atoms. The number of aromatic amines is 1. The summed E-state index contributed by atoms with van der Waals surface area (Å²) in [5.41, 5.74) is 1.02. The Kier molecular flexibility index (Phi) is 3.72. The van der Waals surface area contributed by atoms with Gasteiger partial charge < -0.3 is 5.32 Å². The van der Waals surface area contributed by atoms with Gasteiger partial charge in [-0.05, 0) is 12.5 Å². The Balaban J connectivity index is 2.13. The second-order valence-electron chi connectivity index (χ2n) is 3.88. The van der Waals surface area contributed by atoms with Gasteiger partial charge in [-0.3, -0.25) is 9.78 Å². The number of aryl methyl sites for hydroxylation is 1. The van der Waals surface area contributed by atoms with Crippen LogP contribution in [0.15, 0.2) is 35.1 Å². The number of nitrogens with zero attached hydrogens (tertiary/aromatic N) is 1. The zero-order valence-electron chi connectivity index (χ0n) is 10.0. The molecule has 2 aromatic rings. The summed E-state index contributed by atoms with van der Waals surface area (Å²) in [5.74, 6) is 0.0848. The zero-order chi connectivity index (χ0) is 13.0. The molecule has 0 radical (unpaired) electrons. The van der Waals surface area contributed by atoms with Crippen molar-refractivity contribution in [2.24, 2.45) is 0 Å². The predicted molar refractivity (Wildman–Crippen MR) is 68.0 cm³/mol. The van der Waals surface area contributed by atoms with Crippen LogP contribution in [-0.4, -0.2) is 9.97 Å². The summed E-state index contributed by atoms with van der Waals surface area (Å²) in [5, 5.41) is 2.91. The van der Waals surface area contributed by atoms with Crippen LogP contribution in [0.3, 0.4) is 0 Å². The Morgan fingerprint density at radius 3 is 2.89 bits per heavy atom. The van der Waals surface area contributed by atoms with Crippen molar-refractivity contribution >= 4 is 5.95 Å². The van der Waals surface area contributed by atoms with Gasteiger partial charge in [0.2, 0.25) is 5.95 Å². The van der Waals surface area contributed by atoms with Gasteiger partial charge in [0, 0.05) is 23.9 Å². The Morgan fingerprint density at radius 1 is 1.39 bits per heavy atom. The first-order valence-corrected chi connectivity index (χ1v) is 5.76. The molecule has 0 aliphatic heterocycles. The van der Waals surface area contributed by atoms with Crippen LogP contribution in [-0.2, 0) is 13.0 Å². The summed E-state index contributed by atoms with van der Waals surface area (Å²) in [7, 11) is 0. The molecule has 0 aliphatic rings. The topological polar surface area (TPSA) is 57.8 Å². The number of rotatable bonds is 4. The molecule has 0 saturated carbocycles. The molecule has 2 rings (SSSR count). The maximum Gasteiger partial charge on any atom is 0.252 e. The van der Waals surface area contributed by atoms with Crippen LogP contribution in [0.1, 0.15) is 18.2 Å². The SMILES string of the molecule is CCc1cc(=O)[nH]c(NCc2ccccc2F)n1. The highest BCUT2D eigenvalue weighted by Gasteiger charge is 2.02. The maximum atomic E-state index is 13.4. The lowest BCUT2D eigenvalue weighted by Crippen LogP contribution is -2.14. The van der Waals surface area contributed by atoms with Gasteiger partial charge >= 0.3 is 0 Å². The third-order valence-corrected chi connectivity index (χ3v) is 2.56. The van der Waals surface area contributed by atoms with Crippen LogP contribution < -0.4 is 10.9 Å². The monoisotopic (exact) mass is 247 g/mol. The van der Waals surface area contributed by atoms with Crippen molar-refractivity contribution in [2.75, 3.05) is 5.32 Å². The summed E-state index contributed by atoms with van der Waals surface area (Å²) in [6, 6.07) is 7.93. The van der Waals surface area contributed by atoms with E-state index >= 15 is 0 Å². The van der Waals surface area contributed by atoms with E-state index in [4.69, 9.17) is 0 Å². The van der Waals surface area contributed by atoms with Crippen LogP contribution >= 0.6 is 0 Å². The predicted octanol–water partition coefficient (Wildman–Crippen LogP) is 2.08. The lowest BCUT2D eigenvalue weighted by atomic mass is 10.2. The van der Waals surface area contributed by atoms with Crippen molar-refractivity contribution < 1.29 is 4.39 Å². The summed E-state index contributed by atoms with van der Waals surface area (Å²) in [6.07, 6.45) is 0.679. The Morgan fingerprint density at radius 2 is 2.17 bits per heavy atom. The summed E-state index contributed by atoms with van der Waals surface area (Å²) in [6.45, 7) is 2.20. The Hall–Kier alpha value is -2.17. The van der Waals surface area contributed by atoms with Gasteiger partial charge in [-0.25, -0.2) is 9.37 Å². The van der Waals surface area contributed by atoms with Gasteiger partial charge in [-0.2, -0.15) is 0 Å². The number of hydrogen-bond donors (Lipinski definition) is 2. The van der Waals surface area contributed by atoms with Gasteiger partial charge in [0.1, 0.15) is 5.82 Å². The number of aromatic nitrogens is 2. The number of H-pyrrole nitrogens is 1. The summed E-state index contributed by atoms with van der Waals surface area (Å²) >= 11 is 0. The number of anilines is 1. The summed E-state index contributed by atoms with van der Waals surface area (Å²) in [4.78, 5) is 18.1. The maximum absolute atomic E-state index is 13.4. The minimum atomic E-state index is -0.279. The molecular weight excluding hydrogens is 233 g/mol. The second kappa shape index (κ2) is 5.44. The lowest BCUT2D eigenvalue weighted by Gasteiger charge is -2.07. The number of hydrogen-bond acceptors (Lipinski definition) is 3. The van der Waals surface area contributed by atoms with Crippen LogP contribution in [0.4, 0.5) is 10.3 Å². The number of halogens is 1. The van der Waals surface area contributed by atoms with Gasteiger partial charge in [-0.1, -0.05) is 25.1 Å². The fraction of sp³-hybridized carbons (Fsp3) is 0.231. The van der Waals surface area contributed by atoms with Gasteiger partial charge in [0.15, 0.2) is 0 Å². The number of benzene rings is 1. The van der Waals surface area contributed by atoms with E-state index in [1.807, 2.05) is 6.92 Å². The highest BCUT2D eigenvalue weighted by molar-refractivity contribution is 5.28. The molecule has 0 saturated heterocycles. The van der Waals surface area contributed by atoms with Crippen LogP contribution in [0, 0.1) is 5.82 Å². The van der Waals surface area contributed by atoms with E-state index in [1.165, 1.54) is 12.1 Å². The molecule has 0 atom stereocenters. The van der Waals surface area contributed by atoms with Crippen molar-refractivity contribution in [1.29, 1.82) is 0 Å². The standard InChI is InChI=1S/C13H14FN3O/c1-2-10-7-12(18)17-13(16-10)15-8-9-5-3-4-6-11(9)14/h3-7H,2,8H2,1H3,(H2,15,16,17,18). The van der Waals surface area contributed by atoms with Crippen molar-refractivity contribution in [3.05, 3.63) is 57.8 Å². The molecule has 0 amide bonds.